The van der Waals surface area contributed by atoms with Crippen molar-refractivity contribution in [2.75, 3.05) is 0 Å². The molecule has 0 nitrogen and oxygen atoms in total. The molecular formula is C20H22F2. The van der Waals surface area contributed by atoms with E-state index in [1.807, 2.05) is 58.9 Å². The highest BCUT2D eigenvalue weighted by molar-refractivity contribution is 5.80. The zero-order valence-corrected chi connectivity index (χ0v) is 13.8. The molecule has 1 aliphatic carbocycles. The van der Waals surface area contributed by atoms with E-state index in [1.54, 1.807) is 12.1 Å². The third-order valence-corrected chi connectivity index (χ3v) is 4.56. The van der Waals surface area contributed by atoms with Crippen LogP contribution in [0.3, 0.4) is 0 Å². The van der Waals surface area contributed by atoms with E-state index in [0.717, 1.165) is 11.1 Å². The maximum Gasteiger partial charge on any atom is 0.299 e. The van der Waals surface area contributed by atoms with Crippen LogP contribution in [0.2, 0.25) is 0 Å². The molecule has 2 aromatic rings. The van der Waals surface area contributed by atoms with Gasteiger partial charge in [0.15, 0.2) is 0 Å². The number of hydrogen-bond donors (Lipinski definition) is 0. The van der Waals surface area contributed by atoms with Crippen LogP contribution in [0.4, 0.5) is 8.78 Å². The number of hydrogen-bond acceptors (Lipinski definition) is 0. The number of fused-ring (bicyclic) bond motifs is 3. The first-order valence-corrected chi connectivity index (χ1v) is 7.80. The Morgan fingerprint density at radius 1 is 0.864 bits per heavy atom. The molecule has 2 heteroatoms. The van der Waals surface area contributed by atoms with Gasteiger partial charge in [-0.25, -0.2) is 0 Å². The first kappa shape index (κ1) is 15.2. The third kappa shape index (κ3) is 2.16. The topological polar surface area (TPSA) is 0 Å². The highest BCUT2D eigenvalue weighted by atomic mass is 19.3. The quantitative estimate of drug-likeness (QED) is 0.585. The van der Waals surface area contributed by atoms with Gasteiger partial charge in [0.1, 0.15) is 0 Å². The van der Waals surface area contributed by atoms with E-state index in [2.05, 4.69) is 0 Å². The van der Waals surface area contributed by atoms with Crippen molar-refractivity contribution < 1.29 is 8.78 Å². The third-order valence-electron chi connectivity index (χ3n) is 4.56. The van der Waals surface area contributed by atoms with Gasteiger partial charge in [0.25, 0.3) is 5.92 Å². The smallest absolute Gasteiger partial charge is 0.196 e. The maximum atomic E-state index is 14.9. The summed E-state index contributed by atoms with van der Waals surface area (Å²) in [6, 6.07) is 11.0. The van der Waals surface area contributed by atoms with Gasteiger partial charge in [0, 0.05) is 11.1 Å². The predicted octanol–water partition coefficient (Wildman–Crippen LogP) is 6.23. The first-order chi connectivity index (χ1) is 10.1. The fourth-order valence-electron chi connectivity index (χ4n) is 3.07. The van der Waals surface area contributed by atoms with E-state index in [-0.39, 0.29) is 22.5 Å². The minimum Gasteiger partial charge on any atom is -0.196 e. The second-order valence-electron chi connectivity index (χ2n) is 7.54. The van der Waals surface area contributed by atoms with Gasteiger partial charge in [-0.3, -0.25) is 0 Å². The van der Waals surface area contributed by atoms with Gasteiger partial charge in [0.2, 0.25) is 0 Å². The van der Waals surface area contributed by atoms with Crippen molar-refractivity contribution in [2.45, 2.75) is 51.9 Å². The summed E-state index contributed by atoms with van der Waals surface area (Å²) in [6.45, 7) is 10.2. The van der Waals surface area contributed by atoms with Crippen molar-refractivity contribution in [3.8, 4) is 11.1 Å². The van der Waals surface area contributed by atoms with Gasteiger partial charge in [-0.2, -0.15) is 8.78 Å². The zero-order chi connectivity index (χ0) is 16.3. The Morgan fingerprint density at radius 3 is 1.95 bits per heavy atom. The molecule has 0 amide bonds. The zero-order valence-electron chi connectivity index (χ0n) is 13.8. The Kier molecular flexibility index (Phi) is 3.21. The highest BCUT2D eigenvalue weighted by Gasteiger charge is 2.44. The molecule has 2 aromatic carbocycles. The van der Waals surface area contributed by atoms with Gasteiger partial charge in [0.05, 0.1) is 0 Å². The summed E-state index contributed by atoms with van der Waals surface area (Å²) >= 11 is 0. The molecule has 0 spiro atoms. The van der Waals surface area contributed by atoms with Crippen LogP contribution in [0.25, 0.3) is 11.1 Å². The van der Waals surface area contributed by atoms with Crippen LogP contribution in [0, 0.1) is 0 Å². The van der Waals surface area contributed by atoms with Crippen molar-refractivity contribution in [3.05, 3.63) is 58.7 Å². The summed E-state index contributed by atoms with van der Waals surface area (Å²) in [6.07, 6.45) is 0. The number of benzene rings is 2. The molecular weight excluding hydrogens is 278 g/mol. The second-order valence-corrected chi connectivity index (χ2v) is 7.54. The van der Waals surface area contributed by atoms with Crippen molar-refractivity contribution in [1.29, 1.82) is 0 Å². The van der Waals surface area contributed by atoms with E-state index in [4.69, 9.17) is 0 Å². The summed E-state index contributed by atoms with van der Waals surface area (Å²) in [5.41, 5.74) is 3.41. The molecule has 0 radical (unpaired) electrons. The van der Waals surface area contributed by atoms with Crippen LogP contribution >= 0.6 is 0 Å². The minimum atomic E-state index is -2.91. The monoisotopic (exact) mass is 300 g/mol. The molecule has 1 aliphatic rings. The van der Waals surface area contributed by atoms with E-state index in [9.17, 15) is 8.78 Å². The van der Waals surface area contributed by atoms with Crippen molar-refractivity contribution >= 4 is 0 Å². The lowest BCUT2D eigenvalue weighted by atomic mass is 9.85. The highest BCUT2D eigenvalue weighted by Crippen LogP contribution is 2.52. The molecule has 0 N–H and O–H groups in total. The molecule has 0 unspecified atom stereocenters. The molecule has 0 aliphatic heterocycles. The molecule has 22 heavy (non-hydrogen) atoms. The fourth-order valence-corrected chi connectivity index (χ4v) is 3.07. The van der Waals surface area contributed by atoms with Gasteiger partial charge in [-0.05, 0) is 45.7 Å². The van der Waals surface area contributed by atoms with Crippen LogP contribution < -0.4 is 0 Å². The van der Waals surface area contributed by atoms with E-state index in [0.29, 0.717) is 11.1 Å². The summed E-state index contributed by atoms with van der Waals surface area (Å²) in [7, 11) is 0. The first-order valence-electron chi connectivity index (χ1n) is 7.80. The Bertz CT molecular complexity index is 734. The van der Waals surface area contributed by atoms with E-state index in [1.165, 1.54) is 0 Å². The lowest BCUT2D eigenvalue weighted by molar-refractivity contribution is 0.0478. The van der Waals surface area contributed by atoms with Gasteiger partial charge >= 0.3 is 0 Å². The average Bonchev–Trinajstić information content (AvgIpc) is 2.66. The Balaban J connectivity index is 2.22. The largest absolute Gasteiger partial charge is 0.299 e. The summed E-state index contributed by atoms with van der Waals surface area (Å²) in [5, 5.41) is 0. The summed E-state index contributed by atoms with van der Waals surface area (Å²) in [4.78, 5) is 0. The Labute approximate surface area is 131 Å². The summed E-state index contributed by atoms with van der Waals surface area (Å²) < 4.78 is 29.9. The lowest BCUT2D eigenvalue weighted by Crippen LogP contribution is -2.15. The molecule has 0 fully saturated rings. The van der Waals surface area contributed by atoms with Crippen LogP contribution in [-0.2, 0) is 11.3 Å². The normalized spacial score (nSPS) is 15.8. The minimum absolute atomic E-state index is 0.136. The molecule has 0 saturated carbocycles. The lowest BCUT2D eigenvalue weighted by Gasteiger charge is -2.21. The predicted molar refractivity (Wildman–Crippen MR) is 87.7 cm³/mol. The Morgan fingerprint density at radius 2 is 1.41 bits per heavy atom. The fraction of sp³-hybridized carbons (Fsp3) is 0.400. The standard InChI is InChI=1S/C20H22F2/c1-12(2)13-6-8-15-16-9-7-14(19(3,4)5)11-18(16)20(21,22)17(15)10-13/h6-12H,1-5H3. The SMILES string of the molecule is CC(C)c1ccc2c(c1)C(F)(F)c1cc(C(C)(C)C)ccc1-2. The number of halogens is 2. The second kappa shape index (κ2) is 4.65. The van der Waals surface area contributed by atoms with Crippen LogP contribution in [0.5, 0.6) is 0 Å². The molecule has 0 saturated heterocycles. The molecule has 0 atom stereocenters. The molecule has 0 aromatic heterocycles. The molecule has 0 heterocycles. The number of alkyl halides is 2. The van der Waals surface area contributed by atoms with E-state index < -0.39 is 5.92 Å². The Hall–Kier alpha value is -1.70. The van der Waals surface area contributed by atoms with Crippen molar-refractivity contribution in [2.24, 2.45) is 0 Å². The van der Waals surface area contributed by atoms with Crippen molar-refractivity contribution in [1.82, 2.24) is 0 Å². The van der Waals surface area contributed by atoms with Gasteiger partial charge in [-0.15, -0.1) is 0 Å². The number of rotatable bonds is 1. The van der Waals surface area contributed by atoms with Crippen LogP contribution in [0.15, 0.2) is 36.4 Å². The molecule has 3 rings (SSSR count). The van der Waals surface area contributed by atoms with Gasteiger partial charge < -0.3 is 0 Å². The van der Waals surface area contributed by atoms with Crippen LogP contribution in [0.1, 0.15) is 62.8 Å². The maximum absolute atomic E-state index is 14.9. The van der Waals surface area contributed by atoms with Crippen LogP contribution in [-0.4, -0.2) is 0 Å². The molecule has 116 valence electrons. The average molecular weight is 300 g/mol. The van der Waals surface area contributed by atoms with Gasteiger partial charge in [-0.1, -0.05) is 58.9 Å². The summed E-state index contributed by atoms with van der Waals surface area (Å²) in [5.74, 6) is -2.66. The van der Waals surface area contributed by atoms with Crippen molar-refractivity contribution in [3.63, 3.8) is 0 Å². The molecule has 0 bridgehead atoms. The van der Waals surface area contributed by atoms with E-state index >= 15 is 0 Å².